The second-order valence-electron chi connectivity index (χ2n) is 4.22. The van der Waals surface area contributed by atoms with E-state index >= 15 is 0 Å². The number of hydrogen-bond acceptors (Lipinski definition) is 3. The first-order valence-electron chi connectivity index (χ1n) is 5.20. The lowest BCUT2D eigenvalue weighted by Gasteiger charge is -2.47. The van der Waals surface area contributed by atoms with Gasteiger partial charge in [0.15, 0.2) is 0 Å². The van der Waals surface area contributed by atoms with Gasteiger partial charge < -0.3 is 4.74 Å². The van der Waals surface area contributed by atoms with Crippen LogP contribution in [0.15, 0.2) is 12.7 Å². The van der Waals surface area contributed by atoms with Crippen LogP contribution >= 0.6 is 0 Å². The highest BCUT2D eigenvalue weighted by atomic mass is 16.5. The van der Waals surface area contributed by atoms with E-state index in [0.717, 1.165) is 19.5 Å². The molecular formula is C11H17NO2. The molecule has 3 heterocycles. The van der Waals surface area contributed by atoms with E-state index in [1.165, 1.54) is 13.5 Å². The summed E-state index contributed by atoms with van der Waals surface area (Å²) in [5.41, 5.74) is 0. The minimum absolute atomic E-state index is 0.00921. The summed E-state index contributed by atoms with van der Waals surface area (Å²) in [7, 11) is 1.47. The van der Waals surface area contributed by atoms with Crippen LogP contribution in [0.3, 0.4) is 0 Å². The normalized spacial score (nSPS) is 40.6. The molecule has 3 aliphatic rings. The molecule has 2 bridgehead atoms. The van der Waals surface area contributed by atoms with Gasteiger partial charge in [-0.3, -0.25) is 9.69 Å². The number of nitrogens with zero attached hydrogens (tertiary/aromatic N) is 1. The number of carbonyl (C=O) groups is 1. The van der Waals surface area contributed by atoms with Crippen LogP contribution in [-0.4, -0.2) is 37.1 Å². The fourth-order valence-corrected chi connectivity index (χ4v) is 2.72. The standard InChI is InChI=1S/C11H17NO2/c1-3-8-7-12-5-4-9(8)6-10(12)11(13)14-2/h3,8-10H,1,4-7H2,2H3/t8-,9-,10+/m1/s1. The van der Waals surface area contributed by atoms with Gasteiger partial charge >= 0.3 is 5.97 Å². The Morgan fingerprint density at radius 3 is 2.93 bits per heavy atom. The maximum absolute atomic E-state index is 11.5. The van der Waals surface area contributed by atoms with Crippen molar-refractivity contribution >= 4 is 5.97 Å². The molecule has 3 fully saturated rings. The lowest BCUT2D eigenvalue weighted by Crippen LogP contribution is -2.56. The third-order valence-electron chi connectivity index (χ3n) is 3.58. The summed E-state index contributed by atoms with van der Waals surface area (Å²) in [5, 5.41) is 0. The minimum atomic E-state index is -0.0720. The molecule has 78 valence electrons. The molecule has 0 saturated carbocycles. The Morgan fingerprint density at radius 2 is 2.43 bits per heavy atom. The molecule has 0 aromatic rings. The van der Waals surface area contributed by atoms with Gasteiger partial charge in [-0.2, -0.15) is 0 Å². The van der Waals surface area contributed by atoms with Crippen molar-refractivity contribution in [3.8, 4) is 0 Å². The average Bonchev–Trinajstić information content (AvgIpc) is 2.28. The van der Waals surface area contributed by atoms with Crippen molar-refractivity contribution in [3.05, 3.63) is 12.7 Å². The van der Waals surface area contributed by atoms with Gasteiger partial charge in [0.1, 0.15) is 6.04 Å². The van der Waals surface area contributed by atoms with Gasteiger partial charge in [-0.25, -0.2) is 0 Å². The van der Waals surface area contributed by atoms with Crippen LogP contribution in [-0.2, 0) is 9.53 Å². The van der Waals surface area contributed by atoms with Crippen molar-refractivity contribution in [2.75, 3.05) is 20.2 Å². The lowest BCUT2D eigenvalue weighted by molar-refractivity contribution is -0.152. The Labute approximate surface area is 84.7 Å². The Bertz CT molecular complexity index is 252. The smallest absolute Gasteiger partial charge is 0.323 e. The number of methoxy groups -OCH3 is 1. The molecule has 0 N–H and O–H groups in total. The zero-order valence-corrected chi connectivity index (χ0v) is 8.61. The van der Waals surface area contributed by atoms with Crippen LogP contribution in [0.25, 0.3) is 0 Å². The van der Waals surface area contributed by atoms with E-state index in [1.807, 2.05) is 6.08 Å². The van der Waals surface area contributed by atoms with Gasteiger partial charge in [0, 0.05) is 6.54 Å². The number of fused-ring (bicyclic) bond motifs is 3. The molecule has 3 saturated heterocycles. The van der Waals surface area contributed by atoms with E-state index in [9.17, 15) is 4.79 Å². The van der Waals surface area contributed by atoms with Gasteiger partial charge in [-0.05, 0) is 31.2 Å². The second kappa shape index (κ2) is 3.73. The van der Waals surface area contributed by atoms with E-state index < -0.39 is 0 Å². The Kier molecular flexibility index (Phi) is 2.59. The monoisotopic (exact) mass is 195 g/mol. The molecule has 1 unspecified atom stereocenters. The van der Waals surface area contributed by atoms with Gasteiger partial charge in [0.2, 0.25) is 0 Å². The number of esters is 1. The molecule has 4 atom stereocenters. The van der Waals surface area contributed by atoms with E-state index in [-0.39, 0.29) is 12.0 Å². The van der Waals surface area contributed by atoms with Gasteiger partial charge in [0.05, 0.1) is 7.11 Å². The van der Waals surface area contributed by atoms with Crippen LogP contribution in [0.4, 0.5) is 0 Å². The highest BCUT2D eigenvalue weighted by Crippen LogP contribution is 2.36. The molecule has 3 rings (SSSR count). The number of carbonyl (C=O) groups excluding carboxylic acids is 1. The van der Waals surface area contributed by atoms with E-state index in [2.05, 4.69) is 11.5 Å². The third kappa shape index (κ3) is 1.46. The van der Waals surface area contributed by atoms with Crippen molar-refractivity contribution in [1.29, 1.82) is 0 Å². The molecule has 0 aromatic heterocycles. The zero-order valence-electron chi connectivity index (χ0n) is 8.61. The summed E-state index contributed by atoms with van der Waals surface area (Å²) in [6.45, 7) is 5.87. The largest absolute Gasteiger partial charge is 0.468 e. The summed E-state index contributed by atoms with van der Waals surface area (Å²) in [5.74, 6) is 1.14. The van der Waals surface area contributed by atoms with Crippen molar-refractivity contribution < 1.29 is 9.53 Å². The number of ether oxygens (including phenoxy) is 1. The van der Waals surface area contributed by atoms with Crippen LogP contribution in [0.5, 0.6) is 0 Å². The molecule has 3 nitrogen and oxygen atoms in total. The van der Waals surface area contributed by atoms with Crippen molar-refractivity contribution in [3.63, 3.8) is 0 Å². The lowest BCUT2D eigenvalue weighted by atomic mass is 9.76. The molecule has 3 heteroatoms. The average molecular weight is 195 g/mol. The summed E-state index contributed by atoms with van der Waals surface area (Å²) >= 11 is 0. The van der Waals surface area contributed by atoms with E-state index in [1.54, 1.807) is 0 Å². The molecule has 3 aliphatic heterocycles. The molecule has 0 aromatic carbocycles. The Hall–Kier alpha value is -0.830. The van der Waals surface area contributed by atoms with Gasteiger partial charge in [-0.15, -0.1) is 6.58 Å². The summed E-state index contributed by atoms with van der Waals surface area (Å²) in [6, 6.07) is 0.00921. The van der Waals surface area contributed by atoms with Crippen molar-refractivity contribution in [2.24, 2.45) is 11.8 Å². The van der Waals surface area contributed by atoms with Crippen molar-refractivity contribution in [1.82, 2.24) is 4.90 Å². The zero-order chi connectivity index (χ0) is 10.1. The Balaban J connectivity index is 2.07. The SMILES string of the molecule is C=C[C@@H]1CN2CC[C@@H]1C[C@H]2C(=O)OC. The predicted octanol–water partition coefficient (Wildman–Crippen LogP) is 1.06. The maximum Gasteiger partial charge on any atom is 0.323 e. The van der Waals surface area contributed by atoms with Gasteiger partial charge in [0.25, 0.3) is 0 Å². The highest BCUT2D eigenvalue weighted by molar-refractivity contribution is 5.76. The highest BCUT2D eigenvalue weighted by Gasteiger charge is 2.42. The quantitative estimate of drug-likeness (QED) is 0.487. The second-order valence-corrected chi connectivity index (χ2v) is 4.22. The van der Waals surface area contributed by atoms with Crippen LogP contribution in [0.1, 0.15) is 12.8 Å². The fourth-order valence-electron chi connectivity index (χ4n) is 2.72. The molecule has 0 radical (unpaired) electrons. The fraction of sp³-hybridized carbons (Fsp3) is 0.727. The van der Waals surface area contributed by atoms with Gasteiger partial charge in [-0.1, -0.05) is 6.08 Å². The first kappa shape index (κ1) is 9.71. The molecular weight excluding hydrogens is 178 g/mol. The number of rotatable bonds is 2. The Morgan fingerprint density at radius 1 is 1.64 bits per heavy atom. The first-order valence-corrected chi connectivity index (χ1v) is 5.20. The molecule has 0 amide bonds. The maximum atomic E-state index is 11.5. The topological polar surface area (TPSA) is 29.5 Å². The third-order valence-corrected chi connectivity index (χ3v) is 3.58. The van der Waals surface area contributed by atoms with E-state index in [0.29, 0.717) is 11.8 Å². The molecule has 0 aliphatic carbocycles. The predicted molar refractivity (Wildman–Crippen MR) is 53.8 cm³/mol. The minimum Gasteiger partial charge on any atom is -0.468 e. The summed E-state index contributed by atoms with van der Waals surface area (Å²) in [6.07, 6.45) is 4.18. The van der Waals surface area contributed by atoms with Crippen molar-refractivity contribution in [2.45, 2.75) is 18.9 Å². The molecule has 0 spiro atoms. The number of hydrogen-bond donors (Lipinski definition) is 0. The number of piperidine rings is 3. The summed E-state index contributed by atoms with van der Waals surface area (Å²) in [4.78, 5) is 13.7. The van der Waals surface area contributed by atoms with E-state index in [4.69, 9.17) is 4.74 Å². The van der Waals surface area contributed by atoms with Crippen LogP contribution in [0, 0.1) is 11.8 Å². The first-order chi connectivity index (χ1) is 6.76. The van der Waals surface area contributed by atoms with Crippen LogP contribution < -0.4 is 0 Å². The van der Waals surface area contributed by atoms with Crippen LogP contribution in [0.2, 0.25) is 0 Å². The molecule has 14 heavy (non-hydrogen) atoms. The summed E-state index contributed by atoms with van der Waals surface area (Å²) < 4.78 is 4.80.